The monoisotopic (exact) mass is 461 g/mol. The number of methoxy groups -OCH3 is 2. The third-order valence-electron chi connectivity index (χ3n) is 5.51. The molecule has 1 N–H and O–H groups in total. The van der Waals surface area contributed by atoms with Crippen molar-refractivity contribution in [1.29, 1.82) is 0 Å². The Morgan fingerprint density at radius 1 is 1.03 bits per heavy atom. The summed E-state index contributed by atoms with van der Waals surface area (Å²) in [5.41, 5.74) is 7.23. The minimum Gasteiger partial charge on any atom is -0.497 e. The normalized spacial score (nSPS) is 11.2. The maximum absolute atomic E-state index is 12.6. The highest BCUT2D eigenvalue weighted by Crippen LogP contribution is 2.26. The first-order valence-electron chi connectivity index (χ1n) is 10.4. The molecule has 4 aromatic rings. The highest BCUT2D eigenvalue weighted by Gasteiger charge is 2.13. The zero-order valence-corrected chi connectivity index (χ0v) is 19.4. The number of hydrogen-bond acceptors (Lipinski definition) is 4. The van der Waals surface area contributed by atoms with Crippen LogP contribution in [0.2, 0.25) is 5.02 Å². The van der Waals surface area contributed by atoms with E-state index in [1.54, 1.807) is 24.4 Å². The van der Waals surface area contributed by atoms with Crippen LogP contribution in [-0.2, 0) is 6.54 Å². The van der Waals surface area contributed by atoms with Crippen molar-refractivity contribution in [3.63, 3.8) is 0 Å². The van der Waals surface area contributed by atoms with E-state index in [4.69, 9.17) is 21.1 Å². The summed E-state index contributed by atoms with van der Waals surface area (Å²) in [7, 11) is 3.08. The molecule has 3 aromatic carbocycles. The Morgan fingerprint density at radius 2 is 1.70 bits per heavy atom. The van der Waals surface area contributed by atoms with Gasteiger partial charge in [0.2, 0.25) is 0 Å². The molecule has 0 aliphatic heterocycles. The van der Waals surface area contributed by atoms with E-state index in [1.807, 2.05) is 43.3 Å². The molecule has 6 nitrogen and oxygen atoms in total. The standard InChI is InChI=1S/C26H24ClN3O3/c1-17-24(15-28-29-26(31)19-12-21(32-2)14-22(13-19)33-3)23-6-4-5-7-25(23)30(17)16-18-8-10-20(27)11-9-18/h4-15H,16H2,1-3H3,(H,29,31). The van der Waals surface area contributed by atoms with E-state index in [9.17, 15) is 4.79 Å². The number of nitrogens with zero attached hydrogens (tertiary/aromatic N) is 2. The van der Waals surface area contributed by atoms with Crippen molar-refractivity contribution in [3.8, 4) is 11.5 Å². The third kappa shape index (κ3) is 4.86. The van der Waals surface area contributed by atoms with Crippen LogP contribution >= 0.6 is 11.6 Å². The quantitative estimate of drug-likeness (QED) is 0.294. The summed E-state index contributed by atoms with van der Waals surface area (Å²) in [6, 6.07) is 20.9. The van der Waals surface area contributed by atoms with Gasteiger partial charge in [-0.3, -0.25) is 4.79 Å². The lowest BCUT2D eigenvalue weighted by Gasteiger charge is -2.09. The van der Waals surface area contributed by atoms with Gasteiger partial charge in [-0.15, -0.1) is 0 Å². The van der Waals surface area contributed by atoms with Crippen LogP contribution in [-0.4, -0.2) is 30.9 Å². The maximum Gasteiger partial charge on any atom is 0.271 e. The number of nitrogens with one attached hydrogen (secondary N) is 1. The van der Waals surface area contributed by atoms with Gasteiger partial charge >= 0.3 is 0 Å². The molecule has 0 spiro atoms. The first kappa shape index (κ1) is 22.4. The number of rotatable bonds is 7. The Bertz CT molecular complexity index is 1300. The average Bonchev–Trinajstić information content (AvgIpc) is 3.10. The van der Waals surface area contributed by atoms with Gasteiger partial charge in [0, 0.05) is 45.4 Å². The van der Waals surface area contributed by atoms with Gasteiger partial charge in [-0.1, -0.05) is 41.9 Å². The van der Waals surface area contributed by atoms with Gasteiger partial charge in [0.1, 0.15) is 11.5 Å². The van der Waals surface area contributed by atoms with Crippen molar-refractivity contribution in [2.75, 3.05) is 14.2 Å². The molecule has 0 aliphatic carbocycles. The number of hydrazone groups is 1. The molecule has 1 aromatic heterocycles. The van der Waals surface area contributed by atoms with Crippen LogP contribution < -0.4 is 14.9 Å². The Balaban J connectivity index is 1.60. The number of amides is 1. The lowest BCUT2D eigenvalue weighted by Crippen LogP contribution is -2.17. The predicted molar refractivity (Wildman–Crippen MR) is 132 cm³/mol. The van der Waals surface area contributed by atoms with Gasteiger partial charge in [-0.05, 0) is 42.8 Å². The molecule has 168 valence electrons. The van der Waals surface area contributed by atoms with Crippen LogP contribution in [0.3, 0.4) is 0 Å². The molecule has 0 aliphatic rings. The molecule has 0 fully saturated rings. The van der Waals surface area contributed by atoms with Crippen molar-refractivity contribution >= 4 is 34.6 Å². The molecule has 0 unspecified atom stereocenters. The molecule has 1 heterocycles. The van der Waals surface area contributed by atoms with Crippen molar-refractivity contribution in [2.45, 2.75) is 13.5 Å². The second-order valence-electron chi connectivity index (χ2n) is 7.53. The molecule has 1 amide bonds. The maximum atomic E-state index is 12.6. The minimum absolute atomic E-state index is 0.356. The van der Waals surface area contributed by atoms with Crippen LogP contribution in [0, 0.1) is 6.92 Å². The number of carbonyl (C=O) groups is 1. The van der Waals surface area contributed by atoms with Gasteiger partial charge in [0.25, 0.3) is 5.91 Å². The fourth-order valence-corrected chi connectivity index (χ4v) is 3.88. The number of halogens is 1. The summed E-state index contributed by atoms with van der Waals surface area (Å²) in [5, 5.41) is 6.01. The summed E-state index contributed by atoms with van der Waals surface area (Å²) in [5.74, 6) is 0.709. The molecule has 0 radical (unpaired) electrons. The smallest absolute Gasteiger partial charge is 0.271 e. The van der Waals surface area contributed by atoms with E-state index in [-0.39, 0.29) is 5.91 Å². The summed E-state index contributed by atoms with van der Waals surface area (Å²) >= 11 is 6.03. The summed E-state index contributed by atoms with van der Waals surface area (Å²) in [4.78, 5) is 12.6. The number of hydrogen-bond donors (Lipinski definition) is 1. The predicted octanol–water partition coefficient (Wildman–Crippen LogP) is 5.43. The topological polar surface area (TPSA) is 64.8 Å². The Labute approximate surface area is 197 Å². The highest BCUT2D eigenvalue weighted by atomic mass is 35.5. The molecule has 0 bridgehead atoms. The van der Waals surface area contributed by atoms with E-state index in [2.05, 4.69) is 27.2 Å². The number of carbonyl (C=O) groups excluding carboxylic acids is 1. The van der Waals surface area contributed by atoms with Gasteiger partial charge in [0.15, 0.2) is 0 Å². The van der Waals surface area contributed by atoms with Crippen LogP contribution in [0.4, 0.5) is 0 Å². The highest BCUT2D eigenvalue weighted by molar-refractivity contribution is 6.30. The average molecular weight is 462 g/mol. The number of aromatic nitrogens is 1. The van der Waals surface area contributed by atoms with Gasteiger partial charge in [-0.2, -0.15) is 5.10 Å². The molecule has 7 heteroatoms. The molecule has 0 saturated carbocycles. The van der Waals surface area contributed by atoms with E-state index in [0.29, 0.717) is 28.6 Å². The van der Waals surface area contributed by atoms with Gasteiger partial charge < -0.3 is 14.0 Å². The number of para-hydroxylation sites is 1. The van der Waals surface area contributed by atoms with E-state index in [0.717, 1.165) is 27.7 Å². The largest absolute Gasteiger partial charge is 0.497 e. The fraction of sp³-hybridized carbons (Fsp3) is 0.154. The van der Waals surface area contributed by atoms with Crippen LogP contribution in [0.15, 0.2) is 71.8 Å². The first-order chi connectivity index (χ1) is 16.0. The van der Waals surface area contributed by atoms with Gasteiger partial charge in [-0.25, -0.2) is 5.43 Å². The van der Waals surface area contributed by atoms with Gasteiger partial charge in [0.05, 0.1) is 20.4 Å². The van der Waals surface area contributed by atoms with Crippen molar-refractivity contribution in [2.24, 2.45) is 5.10 Å². The second-order valence-corrected chi connectivity index (χ2v) is 7.97. The summed E-state index contributed by atoms with van der Waals surface area (Å²) in [6.07, 6.45) is 1.69. The molecule has 0 saturated heterocycles. The first-order valence-corrected chi connectivity index (χ1v) is 10.8. The number of ether oxygens (including phenoxy) is 2. The summed E-state index contributed by atoms with van der Waals surface area (Å²) < 4.78 is 12.7. The summed E-state index contributed by atoms with van der Waals surface area (Å²) in [6.45, 7) is 2.75. The van der Waals surface area contributed by atoms with Crippen LogP contribution in [0.1, 0.15) is 27.2 Å². The lowest BCUT2D eigenvalue weighted by atomic mass is 10.1. The molecular weight excluding hydrogens is 438 g/mol. The van der Waals surface area contributed by atoms with E-state index < -0.39 is 0 Å². The molecule has 33 heavy (non-hydrogen) atoms. The van der Waals surface area contributed by atoms with Crippen molar-refractivity contribution < 1.29 is 14.3 Å². The molecular formula is C26H24ClN3O3. The molecule has 4 rings (SSSR count). The van der Waals surface area contributed by atoms with E-state index in [1.165, 1.54) is 14.2 Å². The van der Waals surface area contributed by atoms with Crippen molar-refractivity contribution in [3.05, 3.63) is 94.1 Å². The lowest BCUT2D eigenvalue weighted by molar-refractivity contribution is 0.0954. The van der Waals surface area contributed by atoms with Crippen LogP contribution in [0.25, 0.3) is 10.9 Å². The molecule has 0 atom stereocenters. The van der Waals surface area contributed by atoms with Crippen LogP contribution in [0.5, 0.6) is 11.5 Å². The Hall–Kier alpha value is -3.77. The minimum atomic E-state index is -0.356. The SMILES string of the molecule is COc1cc(OC)cc(C(=O)NN=Cc2c(C)n(Cc3ccc(Cl)cc3)c3ccccc23)c1. The second kappa shape index (κ2) is 9.79. The number of benzene rings is 3. The van der Waals surface area contributed by atoms with E-state index >= 15 is 0 Å². The fourth-order valence-electron chi connectivity index (χ4n) is 3.76. The number of fused-ring (bicyclic) bond motifs is 1. The zero-order valence-electron chi connectivity index (χ0n) is 18.6. The van der Waals surface area contributed by atoms with Crippen molar-refractivity contribution in [1.82, 2.24) is 9.99 Å². The Kier molecular flexibility index (Phi) is 6.66. The zero-order chi connectivity index (χ0) is 23.4. The Morgan fingerprint density at radius 3 is 2.36 bits per heavy atom. The third-order valence-corrected chi connectivity index (χ3v) is 5.76.